The molecule has 2 aliphatic rings. The first kappa shape index (κ1) is 21.1. The molecule has 2 fully saturated rings. The second-order valence-corrected chi connectivity index (χ2v) is 8.48. The minimum absolute atomic E-state index is 0.181. The fourth-order valence-electron chi connectivity index (χ4n) is 3.98. The average Bonchev–Trinajstić information content (AvgIpc) is 3.42. The van der Waals surface area contributed by atoms with E-state index in [9.17, 15) is 4.79 Å². The summed E-state index contributed by atoms with van der Waals surface area (Å²) in [4.78, 5) is 24.2. The Morgan fingerprint density at radius 2 is 1.93 bits per heavy atom. The first-order valence-corrected chi connectivity index (χ1v) is 11.2. The van der Waals surface area contributed by atoms with E-state index < -0.39 is 0 Å². The van der Waals surface area contributed by atoms with E-state index >= 15 is 0 Å². The molecule has 1 amide bonds. The zero-order valence-electron chi connectivity index (χ0n) is 17.2. The van der Waals surface area contributed by atoms with Crippen LogP contribution in [0.3, 0.4) is 0 Å². The smallest absolute Gasteiger partial charge is 0.219 e. The van der Waals surface area contributed by atoms with Crippen LogP contribution < -0.4 is 10.6 Å². The van der Waals surface area contributed by atoms with Crippen molar-refractivity contribution in [3.05, 3.63) is 22.4 Å². The molecule has 3 rings (SSSR count). The van der Waals surface area contributed by atoms with Crippen molar-refractivity contribution in [1.29, 1.82) is 0 Å². The van der Waals surface area contributed by atoms with Gasteiger partial charge in [0.2, 0.25) is 5.91 Å². The number of thiophene rings is 1. The molecule has 1 atom stereocenters. The van der Waals surface area contributed by atoms with Crippen molar-refractivity contribution >= 4 is 23.2 Å². The summed E-state index contributed by atoms with van der Waals surface area (Å²) in [7, 11) is 1.83. The maximum Gasteiger partial charge on any atom is 0.219 e. The standard InChI is InChI=1S/C20H34N6OS/c1-17(27)25-13-11-24(12-14-25)10-7-22-20(21-2)23-16-18(19-6-5-15-28-19)26-8-3-4-9-26/h5-6,15,18H,3-4,7-14,16H2,1-2H3,(H2,21,22,23). The third-order valence-corrected chi connectivity index (χ3v) is 6.65. The molecule has 1 aromatic rings. The van der Waals surface area contributed by atoms with Gasteiger partial charge in [-0.1, -0.05) is 6.07 Å². The van der Waals surface area contributed by atoms with Crippen LogP contribution in [0.1, 0.15) is 30.7 Å². The third-order valence-electron chi connectivity index (χ3n) is 5.68. The van der Waals surface area contributed by atoms with Crippen molar-refractivity contribution in [2.75, 3.05) is 66.0 Å². The Morgan fingerprint density at radius 3 is 2.54 bits per heavy atom. The number of aliphatic imine (C=N–C) groups is 1. The molecular weight excluding hydrogens is 372 g/mol. The number of amides is 1. The van der Waals surface area contributed by atoms with Gasteiger partial charge in [0.05, 0.1) is 6.04 Å². The highest BCUT2D eigenvalue weighted by atomic mass is 32.1. The molecule has 7 nitrogen and oxygen atoms in total. The molecular formula is C20H34N6OS. The molecule has 2 N–H and O–H groups in total. The van der Waals surface area contributed by atoms with Crippen LogP contribution in [0, 0.1) is 0 Å². The molecule has 156 valence electrons. The Morgan fingerprint density at radius 1 is 1.18 bits per heavy atom. The Labute approximate surface area is 172 Å². The molecule has 1 aromatic heterocycles. The molecule has 2 saturated heterocycles. The molecule has 3 heterocycles. The van der Waals surface area contributed by atoms with Gasteiger partial charge in [0.1, 0.15) is 0 Å². The van der Waals surface area contributed by atoms with E-state index in [0.29, 0.717) is 6.04 Å². The lowest BCUT2D eigenvalue weighted by molar-refractivity contribution is -0.130. The van der Waals surface area contributed by atoms with Crippen molar-refractivity contribution in [3.63, 3.8) is 0 Å². The molecule has 28 heavy (non-hydrogen) atoms. The van der Waals surface area contributed by atoms with E-state index in [0.717, 1.165) is 51.8 Å². The first-order valence-electron chi connectivity index (χ1n) is 10.4. The van der Waals surface area contributed by atoms with Gasteiger partial charge in [0.15, 0.2) is 5.96 Å². The Kier molecular flexibility index (Phi) is 8.12. The van der Waals surface area contributed by atoms with E-state index in [2.05, 4.69) is 42.9 Å². The van der Waals surface area contributed by atoms with Crippen molar-refractivity contribution < 1.29 is 4.79 Å². The van der Waals surface area contributed by atoms with Gasteiger partial charge in [-0.2, -0.15) is 0 Å². The second-order valence-electron chi connectivity index (χ2n) is 7.50. The zero-order chi connectivity index (χ0) is 19.8. The summed E-state index contributed by atoms with van der Waals surface area (Å²) in [6.45, 7) is 10.3. The van der Waals surface area contributed by atoms with Gasteiger partial charge < -0.3 is 15.5 Å². The van der Waals surface area contributed by atoms with Crippen LogP contribution in [0.25, 0.3) is 0 Å². The fourth-order valence-corrected chi connectivity index (χ4v) is 4.84. The number of nitrogens with zero attached hydrogens (tertiary/aromatic N) is 4. The Balaban J connectivity index is 1.41. The maximum atomic E-state index is 11.4. The van der Waals surface area contributed by atoms with E-state index in [1.165, 1.54) is 30.8 Å². The van der Waals surface area contributed by atoms with Gasteiger partial charge >= 0.3 is 0 Å². The molecule has 1 unspecified atom stereocenters. The highest BCUT2D eigenvalue weighted by Gasteiger charge is 2.24. The fraction of sp³-hybridized carbons (Fsp3) is 0.700. The van der Waals surface area contributed by atoms with E-state index in [-0.39, 0.29) is 5.91 Å². The lowest BCUT2D eigenvalue weighted by Crippen LogP contribution is -2.50. The molecule has 0 aromatic carbocycles. The van der Waals surface area contributed by atoms with Gasteiger partial charge in [-0.25, -0.2) is 0 Å². The maximum absolute atomic E-state index is 11.4. The quantitative estimate of drug-likeness (QED) is 0.527. The largest absolute Gasteiger partial charge is 0.355 e. The minimum atomic E-state index is 0.181. The molecule has 0 saturated carbocycles. The predicted octanol–water partition coefficient (Wildman–Crippen LogP) is 1.21. The predicted molar refractivity (Wildman–Crippen MR) is 116 cm³/mol. The summed E-state index contributed by atoms with van der Waals surface area (Å²) in [5.41, 5.74) is 0. The molecule has 8 heteroatoms. The number of rotatable bonds is 7. The average molecular weight is 407 g/mol. The summed E-state index contributed by atoms with van der Waals surface area (Å²) >= 11 is 1.84. The van der Waals surface area contributed by atoms with Crippen molar-refractivity contribution in [3.8, 4) is 0 Å². The molecule has 2 aliphatic heterocycles. The number of carbonyl (C=O) groups is 1. The molecule has 0 radical (unpaired) electrons. The number of nitrogens with one attached hydrogen (secondary N) is 2. The lowest BCUT2D eigenvalue weighted by Gasteiger charge is -2.34. The van der Waals surface area contributed by atoms with Gasteiger partial charge in [-0.05, 0) is 37.4 Å². The van der Waals surface area contributed by atoms with Crippen molar-refractivity contribution in [2.45, 2.75) is 25.8 Å². The molecule has 0 bridgehead atoms. The van der Waals surface area contributed by atoms with Gasteiger partial charge in [-0.15, -0.1) is 11.3 Å². The Hall–Kier alpha value is -1.64. The monoisotopic (exact) mass is 406 g/mol. The van der Waals surface area contributed by atoms with E-state index in [1.807, 2.05) is 23.3 Å². The van der Waals surface area contributed by atoms with E-state index in [4.69, 9.17) is 0 Å². The summed E-state index contributed by atoms with van der Waals surface area (Å²) in [5, 5.41) is 9.13. The zero-order valence-corrected chi connectivity index (χ0v) is 18.0. The topological polar surface area (TPSA) is 63.2 Å². The summed E-state index contributed by atoms with van der Waals surface area (Å²) in [6.07, 6.45) is 2.59. The number of piperazine rings is 1. The molecule has 0 aliphatic carbocycles. The van der Waals surface area contributed by atoms with Crippen LogP contribution in [0.15, 0.2) is 22.5 Å². The number of hydrogen-bond acceptors (Lipinski definition) is 5. The van der Waals surface area contributed by atoms with Crippen LogP contribution in [-0.2, 0) is 4.79 Å². The number of hydrogen-bond donors (Lipinski definition) is 2. The number of likely N-dealkylation sites (tertiary alicyclic amines) is 1. The summed E-state index contributed by atoms with van der Waals surface area (Å²) in [6, 6.07) is 4.80. The second kappa shape index (κ2) is 10.8. The van der Waals surface area contributed by atoms with Crippen LogP contribution in [0.2, 0.25) is 0 Å². The first-order chi connectivity index (χ1) is 13.7. The highest BCUT2D eigenvalue weighted by Crippen LogP contribution is 2.27. The van der Waals surface area contributed by atoms with Crippen LogP contribution in [-0.4, -0.2) is 92.5 Å². The SMILES string of the molecule is CN=C(NCCN1CCN(C(C)=O)CC1)NCC(c1cccs1)N1CCCC1. The van der Waals surface area contributed by atoms with Crippen molar-refractivity contribution in [2.24, 2.45) is 4.99 Å². The minimum Gasteiger partial charge on any atom is -0.355 e. The van der Waals surface area contributed by atoms with E-state index in [1.54, 1.807) is 6.92 Å². The van der Waals surface area contributed by atoms with Gasteiger partial charge in [-0.3, -0.25) is 19.6 Å². The van der Waals surface area contributed by atoms with Crippen LogP contribution in [0.5, 0.6) is 0 Å². The normalized spacial score (nSPS) is 20.4. The number of guanidine groups is 1. The molecule has 0 spiro atoms. The van der Waals surface area contributed by atoms with Crippen LogP contribution >= 0.6 is 11.3 Å². The van der Waals surface area contributed by atoms with Gasteiger partial charge in [0, 0.05) is 64.7 Å². The van der Waals surface area contributed by atoms with Crippen molar-refractivity contribution in [1.82, 2.24) is 25.3 Å². The lowest BCUT2D eigenvalue weighted by atomic mass is 10.2. The van der Waals surface area contributed by atoms with Crippen LogP contribution in [0.4, 0.5) is 0 Å². The summed E-state index contributed by atoms with van der Waals surface area (Å²) < 4.78 is 0. The third kappa shape index (κ3) is 5.93. The number of carbonyl (C=O) groups excluding carboxylic acids is 1. The Bertz CT molecular complexity index is 621. The highest BCUT2D eigenvalue weighted by molar-refractivity contribution is 7.10. The van der Waals surface area contributed by atoms with Gasteiger partial charge in [0.25, 0.3) is 0 Å². The summed E-state index contributed by atoms with van der Waals surface area (Å²) in [5.74, 6) is 1.05.